The van der Waals surface area contributed by atoms with Crippen LogP contribution in [0.3, 0.4) is 0 Å². The third kappa shape index (κ3) is 2.01. The molecular weight excluding hydrogens is 366 g/mol. The van der Waals surface area contributed by atoms with E-state index in [1.165, 1.54) is 57.4 Å². The van der Waals surface area contributed by atoms with Gasteiger partial charge in [-0.05, 0) is 85.3 Å². The molecule has 4 bridgehead atoms. The lowest BCUT2D eigenvalue weighted by molar-refractivity contribution is -0.210. The zero-order chi connectivity index (χ0) is 20.5. The molecule has 2 spiro atoms. The number of allylic oxidation sites excluding steroid dienone is 1. The Labute approximate surface area is 182 Å². The predicted octanol–water partition coefficient (Wildman–Crippen LogP) is 5.74. The number of benzene rings is 1. The lowest BCUT2D eigenvalue weighted by atomic mass is 9.35. The summed E-state index contributed by atoms with van der Waals surface area (Å²) < 4.78 is 7.00. The summed E-state index contributed by atoms with van der Waals surface area (Å²) in [4.78, 5) is 2.92. The van der Waals surface area contributed by atoms with Gasteiger partial charge >= 0.3 is 0 Å². The maximum Gasteiger partial charge on any atom is 0.123 e. The van der Waals surface area contributed by atoms with E-state index >= 15 is 0 Å². The number of piperidine rings is 1. The van der Waals surface area contributed by atoms with Crippen molar-refractivity contribution in [2.75, 3.05) is 13.1 Å². The van der Waals surface area contributed by atoms with Gasteiger partial charge in [0, 0.05) is 23.6 Å². The summed E-state index contributed by atoms with van der Waals surface area (Å²) in [5.74, 6) is 3.54. The van der Waals surface area contributed by atoms with E-state index in [1.807, 2.05) is 0 Å². The van der Waals surface area contributed by atoms with Gasteiger partial charge in [-0.15, -0.1) is 0 Å². The molecule has 3 saturated carbocycles. The standard InChI is InChI=1S/C28H37NO/c1-17(26(2,3)4)21-15-27-11-10-20(21)25-28(27)12-13-29(16-18-8-9-18)23(27)14-19-6-5-7-22(30-25)24(19)28/h5-8,17,20-21,23,25H,9-16H2,1-4H3/t17?,20?,21?,23-,25+,27?,28+/m1/s1. The average Bonchev–Trinajstić information content (AvgIpc) is 3.46. The molecule has 0 amide bonds. The molecule has 7 aliphatic rings. The van der Waals surface area contributed by atoms with Gasteiger partial charge < -0.3 is 4.74 Å². The van der Waals surface area contributed by atoms with Gasteiger partial charge in [0.2, 0.25) is 0 Å². The van der Waals surface area contributed by atoms with Crippen molar-refractivity contribution < 1.29 is 4.74 Å². The van der Waals surface area contributed by atoms with Crippen LogP contribution < -0.4 is 4.74 Å². The molecule has 160 valence electrons. The zero-order valence-corrected chi connectivity index (χ0v) is 19.2. The van der Waals surface area contributed by atoms with Crippen LogP contribution >= 0.6 is 0 Å². The van der Waals surface area contributed by atoms with Crippen molar-refractivity contribution in [1.82, 2.24) is 4.90 Å². The van der Waals surface area contributed by atoms with Crippen LogP contribution in [0.25, 0.3) is 0 Å². The first-order valence-corrected chi connectivity index (χ1v) is 12.6. The van der Waals surface area contributed by atoms with Gasteiger partial charge in [0.25, 0.3) is 0 Å². The molecule has 2 aliphatic heterocycles. The molecule has 1 saturated heterocycles. The first-order valence-electron chi connectivity index (χ1n) is 12.6. The molecule has 0 radical (unpaired) electrons. The van der Waals surface area contributed by atoms with Gasteiger partial charge in [-0.25, -0.2) is 0 Å². The predicted molar refractivity (Wildman–Crippen MR) is 121 cm³/mol. The Kier molecular flexibility index (Phi) is 3.39. The molecule has 1 aromatic carbocycles. The van der Waals surface area contributed by atoms with Crippen molar-refractivity contribution in [2.45, 2.75) is 83.8 Å². The highest BCUT2D eigenvalue weighted by atomic mass is 16.5. The van der Waals surface area contributed by atoms with E-state index in [-0.39, 0.29) is 0 Å². The molecule has 30 heavy (non-hydrogen) atoms. The molecule has 4 unspecified atom stereocenters. The summed E-state index contributed by atoms with van der Waals surface area (Å²) >= 11 is 0. The van der Waals surface area contributed by atoms with Gasteiger partial charge in [0.05, 0.1) is 0 Å². The quantitative estimate of drug-likeness (QED) is 0.596. The minimum Gasteiger partial charge on any atom is -0.489 e. The topological polar surface area (TPSA) is 12.5 Å². The van der Waals surface area contributed by atoms with E-state index in [0.29, 0.717) is 28.4 Å². The molecule has 0 N–H and O–H groups in total. The average molecular weight is 404 g/mol. The van der Waals surface area contributed by atoms with Crippen LogP contribution in [0, 0.1) is 28.6 Å². The third-order valence-electron chi connectivity index (χ3n) is 10.8. The fraction of sp³-hybridized carbons (Fsp3) is 0.714. The Morgan fingerprint density at radius 1 is 1.23 bits per heavy atom. The Morgan fingerprint density at radius 3 is 2.83 bits per heavy atom. The van der Waals surface area contributed by atoms with Crippen molar-refractivity contribution >= 4 is 0 Å². The third-order valence-corrected chi connectivity index (χ3v) is 10.8. The summed E-state index contributed by atoms with van der Waals surface area (Å²) in [5.41, 5.74) is 6.06. The van der Waals surface area contributed by atoms with E-state index in [1.54, 1.807) is 16.7 Å². The Bertz CT molecular complexity index is 956. The van der Waals surface area contributed by atoms with Crippen molar-refractivity contribution in [2.24, 2.45) is 28.6 Å². The van der Waals surface area contributed by atoms with Crippen LogP contribution in [0.15, 0.2) is 29.8 Å². The highest BCUT2D eigenvalue weighted by molar-refractivity contribution is 5.57. The first-order chi connectivity index (χ1) is 14.3. The van der Waals surface area contributed by atoms with Crippen LogP contribution in [0.5, 0.6) is 5.75 Å². The maximum atomic E-state index is 7.00. The number of hydrogen-bond acceptors (Lipinski definition) is 2. The maximum absolute atomic E-state index is 7.00. The van der Waals surface area contributed by atoms with Crippen LogP contribution in [-0.4, -0.2) is 30.1 Å². The molecule has 2 nitrogen and oxygen atoms in total. The summed E-state index contributed by atoms with van der Waals surface area (Å²) in [6, 6.07) is 7.70. The Balaban J connectivity index is 1.41. The summed E-state index contributed by atoms with van der Waals surface area (Å²) in [6.07, 6.45) is 10.9. The minimum absolute atomic E-state index is 0.299. The Morgan fingerprint density at radius 2 is 2.07 bits per heavy atom. The van der Waals surface area contributed by atoms with Gasteiger partial charge in [0.15, 0.2) is 0 Å². The van der Waals surface area contributed by atoms with Crippen LogP contribution in [0.1, 0.15) is 70.9 Å². The fourth-order valence-corrected chi connectivity index (χ4v) is 9.12. The molecule has 2 heterocycles. The van der Waals surface area contributed by atoms with Crippen molar-refractivity contribution in [3.63, 3.8) is 0 Å². The van der Waals surface area contributed by atoms with Crippen molar-refractivity contribution in [1.29, 1.82) is 0 Å². The van der Waals surface area contributed by atoms with E-state index in [0.717, 1.165) is 17.8 Å². The highest BCUT2D eigenvalue weighted by Crippen LogP contribution is 2.75. The number of likely N-dealkylation sites (tertiary alicyclic amines) is 1. The zero-order valence-electron chi connectivity index (χ0n) is 19.2. The number of nitrogens with zero attached hydrogens (tertiary/aromatic N) is 1. The SMILES string of the molecule is CC(C1CC23CCC1[C@@H]1Oc4cccc5c4[C@@]12CCN(CC1=CC1)[C@@H]3C5)C(C)(C)C. The lowest BCUT2D eigenvalue weighted by Gasteiger charge is -2.72. The molecular formula is C28H37NO. The molecule has 0 aromatic heterocycles. The second-order valence-corrected chi connectivity index (χ2v) is 12.7. The fourth-order valence-electron chi connectivity index (χ4n) is 9.12. The molecule has 2 heteroatoms. The van der Waals surface area contributed by atoms with Gasteiger partial charge in [-0.1, -0.05) is 51.5 Å². The number of hydrogen-bond donors (Lipinski definition) is 0. The van der Waals surface area contributed by atoms with Crippen molar-refractivity contribution in [3.05, 3.63) is 41.0 Å². The molecule has 1 aromatic rings. The van der Waals surface area contributed by atoms with Crippen LogP contribution in [-0.2, 0) is 11.8 Å². The number of rotatable bonds is 3. The minimum atomic E-state index is 0.299. The van der Waals surface area contributed by atoms with E-state index < -0.39 is 0 Å². The first kappa shape index (κ1) is 18.3. The van der Waals surface area contributed by atoms with Gasteiger partial charge in [-0.2, -0.15) is 0 Å². The van der Waals surface area contributed by atoms with Gasteiger partial charge in [0.1, 0.15) is 11.9 Å². The number of ether oxygens (including phenoxy) is 1. The summed E-state index contributed by atoms with van der Waals surface area (Å²) in [5, 5.41) is 0. The van der Waals surface area contributed by atoms with Crippen molar-refractivity contribution in [3.8, 4) is 5.75 Å². The van der Waals surface area contributed by atoms with E-state index in [9.17, 15) is 0 Å². The second-order valence-electron chi connectivity index (χ2n) is 12.7. The second kappa shape index (κ2) is 5.55. The summed E-state index contributed by atoms with van der Waals surface area (Å²) in [6.45, 7) is 12.4. The summed E-state index contributed by atoms with van der Waals surface area (Å²) in [7, 11) is 0. The van der Waals surface area contributed by atoms with E-state index in [2.05, 4.69) is 56.9 Å². The monoisotopic (exact) mass is 403 g/mol. The van der Waals surface area contributed by atoms with Crippen LogP contribution in [0.4, 0.5) is 0 Å². The Hall–Kier alpha value is -1.28. The molecule has 7 atom stereocenters. The smallest absolute Gasteiger partial charge is 0.123 e. The van der Waals surface area contributed by atoms with Gasteiger partial charge in [-0.3, -0.25) is 4.90 Å². The lowest BCUT2D eigenvalue weighted by Crippen LogP contribution is -2.76. The molecule has 5 aliphatic carbocycles. The molecule has 4 fully saturated rings. The highest BCUT2D eigenvalue weighted by Gasteiger charge is 2.76. The normalized spacial score (nSPS) is 43.7. The van der Waals surface area contributed by atoms with Crippen LogP contribution in [0.2, 0.25) is 0 Å². The van der Waals surface area contributed by atoms with E-state index in [4.69, 9.17) is 4.74 Å². The molecule has 8 rings (SSSR count). The number of fused-ring (bicyclic) bond motifs is 2. The largest absolute Gasteiger partial charge is 0.489 e.